The van der Waals surface area contributed by atoms with Crippen LogP contribution >= 0.6 is 11.8 Å². The highest BCUT2D eigenvalue weighted by Crippen LogP contribution is 2.24. The summed E-state index contributed by atoms with van der Waals surface area (Å²) in [4.78, 5) is 1.17. The molecule has 0 aliphatic carbocycles. The topological polar surface area (TPSA) is 41.5 Å². The molecule has 2 rings (SSSR count). The highest BCUT2D eigenvalue weighted by molar-refractivity contribution is 7.98. The number of benzene rings is 2. The molecule has 0 radical (unpaired) electrons. The van der Waals surface area contributed by atoms with Crippen molar-refractivity contribution in [1.82, 2.24) is 0 Å². The molecule has 112 valence electrons. The lowest BCUT2D eigenvalue weighted by molar-refractivity contribution is 0.117. The summed E-state index contributed by atoms with van der Waals surface area (Å²) in [5, 5.41) is 13.3. The van der Waals surface area contributed by atoms with E-state index < -0.39 is 6.10 Å². The summed E-state index contributed by atoms with van der Waals surface area (Å²) in [6.45, 7) is 2.73. The lowest BCUT2D eigenvalue weighted by atomic mass is 10.2. The van der Waals surface area contributed by atoms with Crippen molar-refractivity contribution in [2.75, 3.05) is 24.7 Å². The Hall–Kier alpha value is -1.65. The first kappa shape index (κ1) is 15.7. The van der Waals surface area contributed by atoms with Crippen LogP contribution in [0.15, 0.2) is 53.4 Å². The molecule has 1 atom stereocenters. The minimum absolute atomic E-state index is 0.277. The number of rotatable bonds is 7. The maximum atomic E-state index is 10.0. The first-order valence-corrected chi connectivity index (χ1v) is 8.16. The Morgan fingerprint density at radius 3 is 2.62 bits per heavy atom. The summed E-state index contributed by atoms with van der Waals surface area (Å²) >= 11 is 1.68. The molecule has 0 amide bonds. The van der Waals surface area contributed by atoms with Crippen molar-refractivity contribution in [2.45, 2.75) is 17.9 Å². The molecule has 0 spiro atoms. The zero-order valence-electron chi connectivity index (χ0n) is 12.4. The van der Waals surface area contributed by atoms with Crippen LogP contribution < -0.4 is 10.1 Å². The zero-order valence-corrected chi connectivity index (χ0v) is 13.2. The first-order valence-electron chi connectivity index (χ1n) is 6.94. The molecule has 21 heavy (non-hydrogen) atoms. The Morgan fingerprint density at radius 1 is 1.14 bits per heavy atom. The average molecular weight is 303 g/mol. The van der Waals surface area contributed by atoms with E-state index in [0.717, 1.165) is 17.0 Å². The largest absolute Gasteiger partial charge is 0.491 e. The van der Waals surface area contributed by atoms with Gasteiger partial charge in [0.1, 0.15) is 18.5 Å². The van der Waals surface area contributed by atoms with Crippen molar-refractivity contribution in [1.29, 1.82) is 0 Å². The highest BCUT2D eigenvalue weighted by atomic mass is 32.2. The fraction of sp³-hybridized carbons (Fsp3) is 0.294. The lowest BCUT2D eigenvalue weighted by Crippen LogP contribution is -2.26. The summed E-state index contributed by atoms with van der Waals surface area (Å²) in [6.07, 6.45) is 1.48. The van der Waals surface area contributed by atoms with E-state index >= 15 is 0 Å². The Kier molecular flexibility index (Phi) is 5.96. The van der Waals surface area contributed by atoms with Gasteiger partial charge in [-0.2, -0.15) is 0 Å². The fourth-order valence-corrected chi connectivity index (χ4v) is 2.56. The van der Waals surface area contributed by atoms with Crippen molar-refractivity contribution in [3.8, 4) is 5.75 Å². The van der Waals surface area contributed by atoms with Gasteiger partial charge in [0.15, 0.2) is 0 Å². The second-order valence-electron chi connectivity index (χ2n) is 4.81. The fourth-order valence-electron chi connectivity index (χ4n) is 1.98. The molecule has 4 heteroatoms. The number of anilines is 1. The Labute approximate surface area is 130 Å². The molecule has 1 unspecified atom stereocenters. The summed E-state index contributed by atoms with van der Waals surface area (Å²) in [7, 11) is 0. The summed E-state index contributed by atoms with van der Waals surface area (Å²) < 4.78 is 5.65. The Balaban J connectivity index is 1.82. The SMILES string of the molecule is CSc1ccccc1NCC(O)COc1ccccc1C. The molecule has 0 saturated carbocycles. The normalized spacial score (nSPS) is 12.0. The van der Waals surface area contributed by atoms with Crippen LogP contribution in [-0.2, 0) is 0 Å². The molecule has 0 aliphatic rings. The number of nitrogens with one attached hydrogen (secondary N) is 1. The number of para-hydroxylation sites is 2. The van der Waals surface area contributed by atoms with Crippen molar-refractivity contribution in [3.05, 3.63) is 54.1 Å². The number of aryl methyl sites for hydroxylation is 1. The van der Waals surface area contributed by atoms with E-state index in [9.17, 15) is 5.11 Å². The Morgan fingerprint density at radius 2 is 1.86 bits per heavy atom. The van der Waals surface area contributed by atoms with Gasteiger partial charge in [0.25, 0.3) is 0 Å². The van der Waals surface area contributed by atoms with Crippen molar-refractivity contribution < 1.29 is 9.84 Å². The van der Waals surface area contributed by atoms with Crippen LogP contribution in [0.3, 0.4) is 0 Å². The molecule has 0 aliphatic heterocycles. The maximum Gasteiger partial charge on any atom is 0.122 e. The minimum Gasteiger partial charge on any atom is -0.491 e. The quantitative estimate of drug-likeness (QED) is 0.767. The maximum absolute atomic E-state index is 10.0. The van der Waals surface area contributed by atoms with Gasteiger partial charge in [-0.15, -0.1) is 11.8 Å². The van der Waals surface area contributed by atoms with E-state index in [1.54, 1.807) is 11.8 Å². The lowest BCUT2D eigenvalue weighted by Gasteiger charge is -2.16. The first-order chi connectivity index (χ1) is 10.2. The van der Waals surface area contributed by atoms with E-state index in [1.165, 1.54) is 4.90 Å². The monoisotopic (exact) mass is 303 g/mol. The Bertz CT molecular complexity index is 574. The summed E-state index contributed by atoms with van der Waals surface area (Å²) in [5.41, 5.74) is 2.12. The molecule has 2 aromatic carbocycles. The molecule has 0 heterocycles. The van der Waals surface area contributed by atoms with E-state index in [0.29, 0.717) is 6.54 Å². The smallest absolute Gasteiger partial charge is 0.122 e. The van der Waals surface area contributed by atoms with Gasteiger partial charge in [-0.3, -0.25) is 0 Å². The van der Waals surface area contributed by atoms with Crippen LogP contribution in [0, 0.1) is 6.92 Å². The third kappa shape index (κ3) is 4.69. The van der Waals surface area contributed by atoms with Gasteiger partial charge in [-0.1, -0.05) is 30.3 Å². The number of ether oxygens (including phenoxy) is 1. The molecule has 0 saturated heterocycles. The second-order valence-corrected chi connectivity index (χ2v) is 5.66. The molecule has 3 nitrogen and oxygen atoms in total. The summed E-state index contributed by atoms with van der Waals surface area (Å²) in [6, 6.07) is 15.9. The van der Waals surface area contributed by atoms with Crippen LogP contribution in [0.4, 0.5) is 5.69 Å². The van der Waals surface area contributed by atoms with Gasteiger partial charge in [0.05, 0.1) is 0 Å². The third-order valence-corrected chi connectivity index (χ3v) is 3.96. The standard InChI is InChI=1S/C17H21NO2S/c1-13-7-3-5-9-16(13)20-12-14(19)11-18-15-8-4-6-10-17(15)21-2/h3-10,14,18-19H,11-12H2,1-2H3. The van der Waals surface area contributed by atoms with Gasteiger partial charge in [-0.25, -0.2) is 0 Å². The number of aliphatic hydroxyl groups is 1. The van der Waals surface area contributed by atoms with Crippen LogP contribution in [0.5, 0.6) is 5.75 Å². The molecular weight excluding hydrogens is 282 g/mol. The third-order valence-electron chi connectivity index (χ3n) is 3.16. The van der Waals surface area contributed by atoms with Gasteiger partial charge in [0.2, 0.25) is 0 Å². The van der Waals surface area contributed by atoms with Crippen molar-refractivity contribution >= 4 is 17.4 Å². The van der Waals surface area contributed by atoms with Crippen LogP contribution in [0.1, 0.15) is 5.56 Å². The van der Waals surface area contributed by atoms with Crippen LogP contribution in [0.25, 0.3) is 0 Å². The minimum atomic E-state index is -0.556. The van der Waals surface area contributed by atoms with Gasteiger partial charge < -0.3 is 15.2 Å². The van der Waals surface area contributed by atoms with Gasteiger partial charge in [0, 0.05) is 17.1 Å². The summed E-state index contributed by atoms with van der Waals surface area (Å²) in [5.74, 6) is 0.820. The number of hydrogen-bond acceptors (Lipinski definition) is 4. The molecule has 0 fully saturated rings. The van der Waals surface area contributed by atoms with Crippen LogP contribution in [-0.4, -0.2) is 30.6 Å². The van der Waals surface area contributed by atoms with E-state index in [2.05, 4.69) is 11.4 Å². The molecule has 2 aromatic rings. The molecular formula is C17H21NO2S. The van der Waals surface area contributed by atoms with Crippen molar-refractivity contribution in [2.24, 2.45) is 0 Å². The highest BCUT2D eigenvalue weighted by Gasteiger charge is 2.07. The number of aliphatic hydroxyl groups excluding tert-OH is 1. The molecule has 2 N–H and O–H groups in total. The predicted molar refractivity (Wildman–Crippen MR) is 89.4 cm³/mol. The molecule has 0 aromatic heterocycles. The molecule has 0 bridgehead atoms. The zero-order chi connectivity index (χ0) is 15.1. The number of thioether (sulfide) groups is 1. The second kappa shape index (κ2) is 7.96. The van der Waals surface area contributed by atoms with E-state index in [1.807, 2.05) is 55.6 Å². The van der Waals surface area contributed by atoms with Crippen molar-refractivity contribution in [3.63, 3.8) is 0 Å². The average Bonchev–Trinajstić information content (AvgIpc) is 2.52. The number of hydrogen-bond donors (Lipinski definition) is 2. The van der Waals surface area contributed by atoms with Crippen LogP contribution in [0.2, 0.25) is 0 Å². The van der Waals surface area contributed by atoms with Gasteiger partial charge >= 0.3 is 0 Å². The van der Waals surface area contributed by atoms with E-state index in [4.69, 9.17) is 4.74 Å². The van der Waals surface area contributed by atoms with E-state index in [-0.39, 0.29) is 6.61 Å². The van der Waals surface area contributed by atoms with Gasteiger partial charge in [-0.05, 0) is 36.9 Å². The predicted octanol–water partition coefficient (Wildman–Crippen LogP) is 3.57.